The predicted molar refractivity (Wildman–Crippen MR) is 115 cm³/mol. The molecule has 1 N–H and O–H groups in total. The van der Waals surface area contributed by atoms with Crippen molar-refractivity contribution in [1.29, 1.82) is 0 Å². The summed E-state index contributed by atoms with van der Waals surface area (Å²) in [6.07, 6.45) is 3.25. The second-order valence-electron chi connectivity index (χ2n) is 7.15. The molecule has 0 amide bonds. The first-order valence-electron chi connectivity index (χ1n) is 9.54. The van der Waals surface area contributed by atoms with Gasteiger partial charge in [0.2, 0.25) is 0 Å². The summed E-state index contributed by atoms with van der Waals surface area (Å²) in [4.78, 5) is 19.6. The minimum absolute atomic E-state index is 0.0587. The molecule has 0 bridgehead atoms. The zero-order valence-corrected chi connectivity index (χ0v) is 18.1. The molecule has 2 aromatic carbocycles. The van der Waals surface area contributed by atoms with Crippen molar-refractivity contribution in [2.24, 2.45) is 0 Å². The summed E-state index contributed by atoms with van der Waals surface area (Å²) in [6, 6.07) is 11.4. The van der Waals surface area contributed by atoms with Gasteiger partial charge in [-0.25, -0.2) is 13.4 Å². The fraction of sp³-hybridized carbons (Fsp3) is 0.273. The number of rotatable bonds is 7. The van der Waals surface area contributed by atoms with Crippen molar-refractivity contribution in [2.75, 3.05) is 6.26 Å². The molecule has 30 heavy (non-hydrogen) atoms. The van der Waals surface area contributed by atoms with Crippen LogP contribution >= 0.6 is 0 Å². The van der Waals surface area contributed by atoms with Gasteiger partial charge < -0.3 is 14.5 Å². The van der Waals surface area contributed by atoms with Crippen LogP contribution in [-0.4, -0.2) is 30.7 Å². The fourth-order valence-electron chi connectivity index (χ4n) is 2.82. The van der Waals surface area contributed by atoms with Crippen LogP contribution in [0.25, 0.3) is 11.4 Å². The second kappa shape index (κ2) is 8.71. The van der Waals surface area contributed by atoms with Gasteiger partial charge in [0.25, 0.3) is 5.56 Å². The molecule has 0 atom stereocenters. The molecule has 3 aromatic rings. The molecular weight excluding hydrogens is 404 g/mol. The van der Waals surface area contributed by atoms with Crippen LogP contribution in [0.15, 0.2) is 58.4 Å². The molecule has 8 heteroatoms. The number of benzene rings is 2. The maximum absolute atomic E-state index is 12.2. The maximum atomic E-state index is 12.2. The van der Waals surface area contributed by atoms with Crippen LogP contribution in [0.1, 0.15) is 26.3 Å². The topological polar surface area (TPSA) is 98.3 Å². The zero-order chi connectivity index (χ0) is 21.9. The van der Waals surface area contributed by atoms with Gasteiger partial charge in [0.1, 0.15) is 23.1 Å². The van der Waals surface area contributed by atoms with Gasteiger partial charge in [-0.2, -0.15) is 0 Å². The largest absolute Gasteiger partial charge is 0.491 e. The van der Waals surface area contributed by atoms with Gasteiger partial charge >= 0.3 is 0 Å². The Kier molecular flexibility index (Phi) is 6.26. The number of hydrogen-bond acceptors (Lipinski definition) is 6. The van der Waals surface area contributed by atoms with Gasteiger partial charge in [-0.05, 0) is 56.7 Å². The highest BCUT2D eigenvalue weighted by molar-refractivity contribution is 7.90. The van der Waals surface area contributed by atoms with Gasteiger partial charge in [0, 0.05) is 29.6 Å². The summed E-state index contributed by atoms with van der Waals surface area (Å²) in [6.45, 7) is 5.71. The van der Waals surface area contributed by atoms with Crippen LogP contribution in [0, 0.1) is 0 Å². The average molecular weight is 429 g/mol. The Morgan fingerprint density at radius 1 is 1.03 bits per heavy atom. The average Bonchev–Trinajstić information content (AvgIpc) is 2.67. The number of aromatic nitrogens is 2. The van der Waals surface area contributed by atoms with E-state index in [1.165, 1.54) is 12.1 Å². The molecular formula is C22H24N2O5S. The Morgan fingerprint density at radius 3 is 2.27 bits per heavy atom. The molecule has 0 aliphatic rings. The van der Waals surface area contributed by atoms with Gasteiger partial charge in [-0.1, -0.05) is 6.92 Å². The van der Waals surface area contributed by atoms with Crippen molar-refractivity contribution in [3.63, 3.8) is 0 Å². The van der Waals surface area contributed by atoms with Crippen LogP contribution in [-0.2, 0) is 16.3 Å². The summed E-state index contributed by atoms with van der Waals surface area (Å²) >= 11 is 0. The summed E-state index contributed by atoms with van der Waals surface area (Å²) < 4.78 is 35.0. The zero-order valence-electron chi connectivity index (χ0n) is 17.3. The maximum Gasteiger partial charge on any atom is 0.254 e. The molecule has 0 aliphatic heterocycles. The lowest BCUT2D eigenvalue weighted by Gasteiger charge is -2.14. The summed E-state index contributed by atoms with van der Waals surface area (Å²) in [5.74, 6) is 1.91. The molecule has 0 radical (unpaired) electrons. The third-order valence-electron chi connectivity index (χ3n) is 4.27. The van der Waals surface area contributed by atoms with E-state index in [-0.39, 0.29) is 16.6 Å². The van der Waals surface area contributed by atoms with Crippen LogP contribution in [0.4, 0.5) is 0 Å². The molecule has 1 heterocycles. The molecule has 0 saturated heterocycles. The summed E-state index contributed by atoms with van der Waals surface area (Å²) in [5.41, 5.74) is 1.06. The predicted octanol–water partition coefficient (Wildman–Crippen LogP) is 3.98. The van der Waals surface area contributed by atoms with Crippen molar-refractivity contribution in [3.05, 3.63) is 64.6 Å². The minimum Gasteiger partial charge on any atom is -0.491 e. The number of aromatic amines is 1. The lowest BCUT2D eigenvalue weighted by molar-refractivity contribution is 0.241. The number of aryl methyl sites for hydroxylation is 1. The van der Waals surface area contributed by atoms with Crippen LogP contribution in [0.5, 0.6) is 17.2 Å². The van der Waals surface area contributed by atoms with E-state index in [1.807, 2.05) is 20.8 Å². The highest BCUT2D eigenvalue weighted by Crippen LogP contribution is 2.32. The number of ether oxygens (including phenoxy) is 2. The molecule has 1 aromatic heterocycles. The van der Waals surface area contributed by atoms with Crippen molar-refractivity contribution in [2.45, 2.75) is 38.2 Å². The minimum atomic E-state index is -3.28. The first kappa shape index (κ1) is 21.6. The third-order valence-corrected chi connectivity index (χ3v) is 5.40. The number of hydrogen-bond donors (Lipinski definition) is 1. The second-order valence-corrected chi connectivity index (χ2v) is 9.16. The molecule has 0 fully saturated rings. The highest BCUT2D eigenvalue weighted by Gasteiger charge is 2.11. The van der Waals surface area contributed by atoms with Crippen molar-refractivity contribution < 1.29 is 17.9 Å². The van der Waals surface area contributed by atoms with Gasteiger partial charge in [0.05, 0.1) is 11.0 Å². The quantitative estimate of drug-likeness (QED) is 0.611. The molecule has 158 valence electrons. The number of nitrogens with zero attached hydrogens (tertiary/aromatic N) is 1. The van der Waals surface area contributed by atoms with Crippen LogP contribution in [0.2, 0.25) is 0 Å². The normalized spacial score (nSPS) is 11.5. The van der Waals surface area contributed by atoms with Crippen LogP contribution in [0.3, 0.4) is 0 Å². The lowest BCUT2D eigenvalue weighted by Crippen LogP contribution is -2.13. The SMILES string of the molecule is CCc1cnc(-c2cc(Oc3ccc(S(C)(=O)=O)cc3)cc(OC(C)C)c2)[nH]c1=O. The first-order valence-corrected chi connectivity index (χ1v) is 11.4. The van der Waals surface area contributed by atoms with Crippen molar-refractivity contribution in [1.82, 2.24) is 9.97 Å². The Bertz CT molecular complexity index is 1200. The number of H-pyrrole nitrogens is 1. The lowest BCUT2D eigenvalue weighted by atomic mass is 10.1. The Labute approximate surface area is 175 Å². The Hall–Kier alpha value is -3.13. The number of sulfone groups is 1. The standard InChI is InChI=1S/C22H24N2O5S/c1-5-15-13-23-21(24-22(15)25)16-10-18(28-14(2)3)12-19(11-16)29-17-6-8-20(9-7-17)30(4,26)27/h6-14H,5H2,1-4H3,(H,23,24,25). The molecule has 0 unspecified atom stereocenters. The van der Waals surface area contributed by atoms with E-state index in [1.54, 1.807) is 36.5 Å². The fourth-order valence-corrected chi connectivity index (χ4v) is 3.45. The number of nitrogens with one attached hydrogen (secondary N) is 1. The molecule has 0 spiro atoms. The molecule has 0 saturated carbocycles. The van der Waals surface area contributed by atoms with E-state index in [0.29, 0.717) is 40.6 Å². The molecule has 0 aliphatic carbocycles. The summed E-state index contributed by atoms with van der Waals surface area (Å²) in [7, 11) is -3.28. The van der Waals surface area contributed by atoms with Crippen molar-refractivity contribution >= 4 is 9.84 Å². The third kappa shape index (κ3) is 5.27. The summed E-state index contributed by atoms with van der Waals surface area (Å²) in [5, 5.41) is 0. The van der Waals surface area contributed by atoms with Gasteiger partial charge in [-0.3, -0.25) is 4.79 Å². The molecule has 3 rings (SSSR count). The Morgan fingerprint density at radius 2 is 1.70 bits per heavy atom. The van der Waals surface area contributed by atoms with E-state index in [2.05, 4.69) is 9.97 Å². The van der Waals surface area contributed by atoms with E-state index in [9.17, 15) is 13.2 Å². The highest BCUT2D eigenvalue weighted by atomic mass is 32.2. The van der Waals surface area contributed by atoms with E-state index < -0.39 is 9.84 Å². The van der Waals surface area contributed by atoms with Crippen molar-refractivity contribution in [3.8, 4) is 28.6 Å². The molecule has 7 nitrogen and oxygen atoms in total. The Balaban J connectivity index is 1.98. The van der Waals surface area contributed by atoms with E-state index >= 15 is 0 Å². The van der Waals surface area contributed by atoms with Gasteiger partial charge in [0.15, 0.2) is 9.84 Å². The van der Waals surface area contributed by atoms with Crippen LogP contribution < -0.4 is 15.0 Å². The van der Waals surface area contributed by atoms with E-state index in [4.69, 9.17) is 9.47 Å². The first-order chi connectivity index (χ1) is 14.2. The van der Waals surface area contributed by atoms with Gasteiger partial charge in [-0.15, -0.1) is 0 Å². The smallest absolute Gasteiger partial charge is 0.254 e. The monoisotopic (exact) mass is 428 g/mol. The van der Waals surface area contributed by atoms with E-state index in [0.717, 1.165) is 6.26 Å².